The Morgan fingerprint density at radius 3 is 2.48 bits per heavy atom. The van der Waals surface area contributed by atoms with Gasteiger partial charge in [0.2, 0.25) is 5.82 Å². The molecule has 0 unspecified atom stereocenters. The van der Waals surface area contributed by atoms with Gasteiger partial charge in [-0.15, -0.1) is 0 Å². The van der Waals surface area contributed by atoms with Gasteiger partial charge in [-0.05, 0) is 18.2 Å². The Bertz CT molecular complexity index is 923. The van der Waals surface area contributed by atoms with Crippen molar-refractivity contribution in [2.24, 2.45) is 0 Å². The molecule has 0 aromatic carbocycles. The van der Waals surface area contributed by atoms with Gasteiger partial charge < -0.3 is 4.52 Å². The van der Waals surface area contributed by atoms with E-state index in [1.807, 2.05) is 24.3 Å². The Morgan fingerprint density at radius 1 is 0.826 bits per heavy atom. The normalized spacial score (nSPS) is 10.6. The summed E-state index contributed by atoms with van der Waals surface area (Å²) in [5.41, 5.74) is 3.12. The quantitative estimate of drug-likeness (QED) is 0.574. The Labute approximate surface area is 131 Å². The molecule has 110 valence electrons. The zero-order chi connectivity index (χ0) is 15.5. The van der Waals surface area contributed by atoms with Crippen LogP contribution in [0.5, 0.6) is 0 Å². The first-order chi connectivity index (χ1) is 11.4. The molecule has 0 aliphatic carbocycles. The fourth-order valence-corrected chi connectivity index (χ4v) is 2.10. The van der Waals surface area contributed by atoms with Gasteiger partial charge >= 0.3 is 0 Å². The summed E-state index contributed by atoms with van der Waals surface area (Å²) in [6, 6.07) is 7.43. The van der Waals surface area contributed by atoms with Crippen LogP contribution in [-0.4, -0.2) is 30.1 Å². The van der Waals surface area contributed by atoms with E-state index in [0.29, 0.717) is 17.4 Å². The molecule has 0 aliphatic rings. The predicted octanol–water partition coefficient (Wildman–Crippen LogP) is 2.65. The minimum atomic E-state index is 0.386. The summed E-state index contributed by atoms with van der Waals surface area (Å²) >= 11 is 0. The van der Waals surface area contributed by atoms with Crippen LogP contribution >= 0.6 is 0 Å². The van der Waals surface area contributed by atoms with Crippen LogP contribution in [-0.2, 0) is 0 Å². The third kappa shape index (κ3) is 2.67. The summed E-state index contributed by atoms with van der Waals surface area (Å²) in [5, 5.41) is 3.96. The molecule has 0 amide bonds. The van der Waals surface area contributed by atoms with Gasteiger partial charge in [0.1, 0.15) is 12.0 Å². The summed E-state index contributed by atoms with van der Waals surface area (Å²) in [5.74, 6) is 0.825. The van der Waals surface area contributed by atoms with Crippen molar-refractivity contribution in [3.8, 4) is 34.1 Å². The maximum absolute atomic E-state index is 5.32. The molecule has 0 atom stereocenters. The fourth-order valence-electron chi connectivity index (χ4n) is 2.10. The molecule has 4 aromatic rings. The van der Waals surface area contributed by atoms with Crippen molar-refractivity contribution in [2.45, 2.75) is 0 Å². The van der Waals surface area contributed by atoms with E-state index in [1.165, 1.54) is 6.33 Å². The SMILES string of the molecule is c1ccc(-c2noc(-c3cncc(-c4cncnc4)c3)n2)nc1. The highest BCUT2D eigenvalue weighted by Gasteiger charge is 2.12. The second kappa shape index (κ2) is 5.72. The first kappa shape index (κ1) is 13.2. The van der Waals surface area contributed by atoms with Gasteiger partial charge in [0, 0.05) is 42.1 Å². The molecule has 0 saturated heterocycles. The first-order valence-electron chi connectivity index (χ1n) is 6.86. The number of aromatic nitrogens is 6. The first-order valence-corrected chi connectivity index (χ1v) is 6.86. The van der Waals surface area contributed by atoms with E-state index in [9.17, 15) is 0 Å². The molecule has 4 aromatic heterocycles. The highest BCUT2D eigenvalue weighted by atomic mass is 16.5. The molecular weight excluding hydrogens is 292 g/mol. The Hall–Kier alpha value is -3.48. The van der Waals surface area contributed by atoms with Gasteiger partial charge in [-0.25, -0.2) is 9.97 Å². The second-order valence-electron chi connectivity index (χ2n) is 4.73. The van der Waals surface area contributed by atoms with Crippen LogP contribution in [0.3, 0.4) is 0 Å². The van der Waals surface area contributed by atoms with Crippen molar-refractivity contribution in [3.63, 3.8) is 0 Å². The molecule has 4 heterocycles. The number of nitrogens with zero attached hydrogens (tertiary/aromatic N) is 6. The molecule has 0 radical (unpaired) electrons. The van der Waals surface area contributed by atoms with Gasteiger partial charge in [-0.3, -0.25) is 9.97 Å². The molecule has 0 spiro atoms. The lowest BCUT2D eigenvalue weighted by Crippen LogP contribution is -1.87. The minimum absolute atomic E-state index is 0.386. The van der Waals surface area contributed by atoms with E-state index in [1.54, 1.807) is 31.0 Å². The Balaban J connectivity index is 1.71. The zero-order valence-corrected chi connectivity index (χ0v) is 11.9. The molecule has 4 rings (SSSR count). The Kier molecular flexibility index (Phi) is 3.28. The van der Waals surface area contributed by atoms with Crippen molar-refractivity contribution >= 4 is 0 Å². The van der Waals surface area contributed by atoms with Crippen molar-refractivity contribution in [1.82, 2.24) is 30.1 Å². The lowest BCUT2D eigenvalue weighted by molar-refractivity contribution is 0.432. The van der Waals surface area contributed by atoms with Gasteiger partial charge in [-0.1, -0.05) is 11.2 Å². The minimum Gasteiger partial charge on any atom is -0.333 e. The van der Waals surface area contributed by atoms with E-state index in [2.05, 4.69) is 30.1 Å². The summed E-state index contributed by atoms with van der Waals surface area (Å²) in [7, 11) is 0. The maximum atomic E-state index is 5.32. The van der Waals surface area contributed by atoms with Crippen molar-refractivity contribution in [1.29, 1.82) is 0 Å². The van der Waals surface area contributed by atoms with Crippen LogP contribution in [0.2, 0.25) is 0 Å². The van der Waals surface area contributed by atoms with Crippen LogP contribution in [0, 0.1) is 0 Å². The van der Waals surface area contributed by atoms with E-state index in [0.717, 1.165) is 16.7 Å². The fraction of sp³-hybridized carbons (Fsp3) is 0. The third-order valence-electron chi connectivity index (χ3n) is 3.20. The van der Waals surface area contributed by atoms with Gasteiger partial charge in [0.15, 0.2) is 0 Å². The van der Waals surface area contributed by atoms with Crippen LogP contribution in [0.15, 0.2) is 66.1 Å². The molecule has 0 bridgehead atoms. The molecule has 23 heavy (non-hydrogen) atoms. The standard InChI is InChI=1S/C16H10N6O/c1-2-4-20-14(3-1)15-21-16(23-22-15)12-5-11(6-17-7-12)13-8-18-10-19-9-13/h1-10H. The second-order valence-corrected chi connectivity index (χ2v) is 4.73. The van der Waals surface area contributed by atoms with Gasteiger partial charge in [0.05, 0.1) is 5.56 Å². The number of rotatable bonds is 3. The smallest absolute Gasteiger partial charge is 0.259 e. The summed E-state index contributed by atoms with van der Waals surface area (Å²) < 4.78 is 5.32. The molecule has 0 fully saturated rings. The van der Waals surface area contributed by atoms with Crippen molar-refractivity contribution in [2.75, 3.05) is 0 Å². The lowest BCUT2D eigenvalue weighted by Gasteiger charge is -2.00. The van der Waals surface area contributed by atoms with E-state index in [4.69, 9.17) is 4.52 Å². The lowest BCUT2D eigenvalue weighted by atomic mass is 10.1. The van der Waals surface area contributed by atoms with E-state index in [-0.39, 0.29) is 0 Å². The highest BCUT2D eigenvalue weighted by Crippen LogP contribution is 2.24. The van der Waals surface area contributed by atoms with Crippen LogP contribution in [0.4, 0.5) is 0 Å². The van der Waals surface area contributed by atoms with Crippen LogP contribution in [0.25, 0.3) is 34.1 Å². The number of hydrogen-bond acceptors (Lipinski definition) is 7. The summed E-state index contributed by atoms with van der Waals surface area (Å²) in [6.45, 7) is 0. The largest absolute Gasteiger partial charge is 0.333 e. The Morgan fingerprint density at radius 2 is 1.65 bits per heavy atom. The van der Waals surface area contributed by atoms with Crippen molar-refractivity contribution in [3.05, 3.63) is 61.6 Å². The van der Waals surface area contributed by atoms with Crippen LogP contribution in [0.1, 0.15) is 0 Å². The topological polar surface area (TPSA) is 90.5 Å². The van der Waals surface area contributed by atoms with Crippen molar-refractivity contribution < 1.29 is 4.52 Å². The monoisotopic (exact) mass is 302 g/mol. The molecule has 7 heteroatoms. The molecule has 0 N–H and O–H groups in total. The summed E-state index contributed by atoms with van der Waals surface area (Å²) in [6.07, 6.45) is 10.0. The summed E-state index contributed by atoms with van der Waals surface area (Å²) in [4.78, 5) is 20.8. The van der Waals surface area contributed by atoms with E-state index >= 15 is 0 Å². The molecule has 7 nitrogen and oxygen atoms in total. The van der Waals surface area contributed by atoms with Gasteiger partial charge in [-0.2, -0.15) is 4.98 Å². The maximum Gasteiger partial charge on any atom is 0.259 e. The molecule has 0 aliphatic heterocycles. The molecule has 0 saturated carbocycles. The van der Waals surface area contributed by atoms with Gasteiger partial charge in [0.25, 0.3) is 5.89 Å². The third-order valence-corrected chi connectivity index (χ3v) is 3.20. The zero-order valence-electron chi connectivity index (χ0n) is 11.9. The average molecular weight is 302 g/mol. The average Bonchev–Trinajstić information content (AvgIpc) is 3.14. The van der Waals surface area contributed by atoms with Crippen LogP contribution < -0.4 is 0 Å². The predicted molar refractivity (Wildman–Crippen MR) is 81.8 cm³/mol. The number of hydrogen-bond donors (Lipinski definition) is 0. The number of pyridine rings is 2. The van der Waals surface area contributed by atoms with E-state index < -0.39 is 0 Å². The highest BCUT2D eigenvalue weighted by molar-refractivity contribution is 5.67. The molecular formula is C16H10N6O.